The number of alkyl halides is 1. The Hall–Kier alpha value is -1.72. The summed E-state index contributed by atoms with van der Waals surface area (Å²) < 4.78 is 59.0. The van der Waals surface area contributed by atoms with Crippen molar-refractivity contribution in [2.24, 2.45) is 0 Å². The van der Waals surface area contributed by atoms with Gasteiger partial charge >= 0.3 is 0 Å². The van der Waals surface area contributed by atoms with Gasteiger partial charge in [-0.3, -0.25) is 0 Å². The Bertz CT molecular complexity index is 556. The maximum absolute atomic E-state index is 14.4. The summed E-state index contributed by atoms with van der Waals surface area (Å²) in [4.78, 5) is 0. The standard InChI is InChI=1S/C13H11BF4O/c1-19-12-10(5-9(16)6-11(12)17)14-13(18)4-2-3-8(15)7-13/h2-6,14H,7H2,1H3. The summed E-state index contributed by atoms with van der Waals surface area (Å²) in [7, 11) is 0.852. The van der Waals surface area contributed by atoms with Gasteiger partial charge in [-0.05, 0) is 17.6 Å². The third-order valence-electron chi connectivity index (χ3n) is 2.91. The van der Waals surface area contributed by atoms with Crippen LogP contribution in [0.2, 0.25) is 0 Å². The Morgan fingerprint density at radius 3 is 2.63 bits per heavy atom. The van der Waals surface area contributed by atoms with Crippen LogP contribution in [-0.2, 0) is 0 Å². The van der Waals surface area contributed by atoms with Crippen LogP contribution in [0, 0.1) is 11.6 Å². The molecule has 0 bridgehead atoms. The Kier molecular flexibility index (Phi) is 3.69. The van der Waals surface area contributed by atoms with Crippen molar-refractivity contribution in [3.05, 3.63) is 47.8 Å². The van der Waals surface area contributed by atoms with Gasteiger partial charge in [0.1, 0.15) is 23.0 Å². The van der Waals surface area contributed by atoms with Crippen molar-refractivity contribution in [2.75, 3.05) is 7.11 Å². The summed E-state index contributed by atoms with van der Waals surface area (Å²) in [5, 5.41) is 0. The third-order valence-corrected chi connectivity index (χ3v) is 2.91. The van der Waals surface area contributed by atoms with E-state index in [-0.39, 0.29) is 18.5 Å². The molecule has 100 valence electrons. The predicted molar refractivity (Wildman–Crippen MR) is 66.5 cm³/mol. The van der Waals surface area contributed by atoms with Gasteiger partial charge in [0, 0.05) is 12.5 Å². The summed E-state index contributed by atoms with van der Waals surface area (Å²) in [5.41, 5.74) is -1.98. The van der Waals surface area contributed by atoms with Crippen LogP contribution in [-0.4, -0.2) is 20.0 Å². The first-order chi connectivity index (χ1) is 8.93. The zero-order valence-electron chi connectivity index (χ0n) is 10.2. The molecule has 0 aliphatic heterocycles. The predicted octanol–water partition coefficient (Wildman–Crippen LogP) is 2.51. The molecular formula is C13H11BF4O. The maximum Gasteiger partial charge on any atom is 0.214 e. The van der Waals surface area contributed by atoms with E-state index in [4.69, 9.17) is 4.74 Å². The molecule has 0 saturated carbocycles. The topological polar surface area (TPSA) is 9.23 Å². The first-order valence-electron chi connectivity index (χ1n) is 5.68. The maximum atomic E-state index is 14.4. The molecule has 0 N–H and O–H groups in total. The molecule has 1 aromatic carbocycles. The molecule has 1 aromatic rings. The lowest BCUT2D eigenvalue weighted by Gasteiger charge is -2.23. The monoisotopic (exact) mass is 270 g/mol. The van der Waals surface area contributed by atoms with E-state index in [1.54, 1.807) is 0 Å². The van der Waals surface area contributed by atoms with Crippen LogP contribution >= 0.6 is 0 Å². The first-order valence-corrected chi connectivity index (χ1v) is 5.68. The third kappa shape index (κ3) is 3.00. The molecule has 0 fully saturated rings. The summed E-state index contributed by atoms with van der Waals surface area (Å²) in [6, 6.07) is 1.65. The summed E-state index contributed by atoms with van der Waals surface area (Å²) in [5.74, 6) is -2.56. The minimum atomic E-state index is -2.01. The summed E-state index contributed by atoms with van der Waals surface area (Å²) in [6.07, 6.45) is 3.13. The fraction of sp³-hybridized carbons (Fsp3) is 0.231. The average Bonchev–Trinajstić information content (AvgIpc) is 2.27. The van der Waals surface area contributed by atoms with Crippen molar-refractivity contribution in [3.8, 4) is 5.75 Å². The van der Waals surface area contributed by atoms with Crippen LogP contribution < -0.4 is 10.2 Å². The number of rotatable bonds is 3. The molecule has 19 heavy (non-hydrogen) atoms. The number of benzene rings is 1. The zero-order chi connectivity index (χ0) is 14.0. The number of hydrogen-bond acceptors (Lipinski definition) is 1. The molecule has 6 heteroatoms. The van der Waals surface area contributed by atoms with Gasteiger partial charge in [0.25, 0.3) is 0 Å². The highest BCUT2D eigenvalue weighted by atomic mass is 19.2. The molecule has 1 nitrogen and oxygen atoms in total. The molecule has 1 aliphatic carbocycles. The minimum absolute atomic E-state index is 0.0295. The normalized spacial score (nSPS) is 22.1. The second kappa shape index (κ2) is 5.11. The molecule has 1 unspecified atom stereocenters. The number of allylic oxidation sites excluding steroid dienone is 4. The van der Waals surface area contributed by atoms with Crippen LogP contribution in [0.4, 0.5) is 17.6 Å². The Morgan fingerprint density at radius 2 is 2.00 bits per heavy atom. The van der Waals surface area contributed by atoms with Crippen molar-refractivity contribution in [1.29, 1.82) is 0 Å². The van der Waals surface area contributed by atoms with Crippen molar-refractivity contribution in [1.82, 2.24) is 0 Å². The Labute approximate surface area is 108 Å². The van der Waals surface area contributed by atoms with E-state index in [9.17, 15) is 17.6 Å². The van der Waals surface area contributed by atoms with Crippen LogP contribution in [0.15, 0.2) is 36.2 Å². The second-order valence-corrected chi connectivity index (χ2v) is 4.44. The summed E-state index contributed by atoms with van der Waals surface area (Å²) in [6.45, 7) is 0. The van der Waals surface area contributed by atoms with Crippen LogP contribution in [0.1, 0.15) is 6.42 Å². The molecule has 0 heterocycles. The minimum Gasteiger partial charge on any atom is -0.494 e. The SMILES string of the molecule is COc1c(F)cc(F)cc1BC1(F)C=CC=C(F)C1. The van der Waals surface area contributed by atoms with Crippen molar-refractivity contribution in [3.63, 3.8) is 0 Å². The van der Waals surface area contributed by atoms with Gasteiger partial charge in [0.05, 0.1) is 7.11 Å². The molecular weight excluding hydrogens is 259 g/mol. The fourth-order valence-corrected chi connectivity index (χ4v) is 2.14. The lowest BCUT2D eigenvalue weighted by atomic mass is 9.54. The van der Waals surface area contributed by atoms with Gasteiger partial charge in [0.15, 0.2) is 5.82 Å². The van der Waals surface area contributed by atoms with Gasteiger partial charge in [-0.1, -0.05) is 12.2 Å². The molecule has 1 aliphatic rings. The molecule has 0 radical (unpaired) electrons. The lowest BCUT2D eigenvalue weighted by Crippen LogP contribution is -2.38. The quantitative estimate of drug-likeness (QED) is 0.605. The molecule has 2 rings (SSSR count). The van der Waals surface area contributed by atoms with E-state index in [0.29, 0.717) is 6.07 Å². The van der Waals surface area contributed by atoms with E-state index in [0.717, 1.165) is 12.1 Å². The van der Waals surface area contributed by atoms with Crippen molar-refractivity contribution in [2.45, 2.75) is 12.0 Å². The molecule has 0 saturated heterocycles. The Balaban J connectivity index is 2.33. The van der Waals surface area contributed by atoms with Gasteiger partial charge in [-0.25, -0.2) is 17.6 Å². The first kappa shape index (κ1) is 13.7. The highest BCUT2D eigenvalue weighted by Crippen LogP contribution is 2.28. The second-order valence-electron chi connectivity index (χ2n) is 4.44. The van der Waals surface area contributed by atoms with Gasteiger partial charge in [-0.2, -0.15) is 0 Å². The van der Waals surface area contributed by atoms with Gasteiger partial charge < -0.3 is 4.74 Å². The lowest BCUT2D eigenvalue weighted by molar-refractivity contribution is 0.315. The van der Waals surface area contributed by atoms with E-state index in [1.165, 1.54) is 19.3 Å². The smallest absolute Gasteiger partial charge is 0.214 e. The largest absolute Gasteiger partial charge is 0.494 e. The van der Waals surface area contributed by atoms with Crippen LogP contribution in [0.3, 0.4) is 0 Å². The van der Waals surface area contributed by atoms with Gasteiger partial charge in [-0.15, -0.1) is 0 Å². The fourth-order valence-electron chi connectivity index (χ4n) is 2.14. The summed E-state index contributed by atoms with van der Waals surface area (Å²) >= 11 is 0. The number of hydrogen-bond donors (Lipinski definition) is 0. The highest BCUT2D eigenvalue weighted by molar-refractivity contribution is 6.58. The van der Waals surface area contributed by atoms with E-state index in [1.807, 2.05) is 0 Å². The molecule has 0 amide bonds. The number of halogens is 4. The molecule has 0 aromatic heterocycles. The molecule has 1 atom stereocenters. The van der Waals surface area contributed by atoms with Gasteiger partial charge in [0.2, 0.25) is 7.28 Å². The van der Waals surface area contributed by atoms with E-state index in [2.05, 4.69) is 0 Å². The van der Waals surface area contributed by atoms with E-state index >= 15 is 0 Å². The molecule has 0 spiro atoms. The number of ether oxygens (including phenoxy) is 1. The average molecular weight is 270 g/mol. The highest BCUT2D eigenvalue weighted by Gasteiger charge is 2.33. The van der Waals surface area contributed by atoms with Crippen molar-refractivity contribution >= 4 is 12.7 Å². The Morgan fingerprint density at radius 1 is 1.26 bits per heavy atom. The van der Waals surface area contributed by atoms with Crippen molar-refractivity contribution < 1.29 is 22.3 Å². The number of methoxy groups -OCH3 is 1. The van der Waals surface area contributed by atoms with E-state index < -0.39 is 29.5 Å². The zero-order valence-corrected chi connectivity index (χ0v) is 10.2. The van der Waals surface area contributed by atoms with Crippen LogP contribution in [0.25, 0.3) is 0 Å². The van der Waals surface area contributed by atoms with Crippen LogP contribution in [0.5, 0.6) is 5.75 Å².